The summed E-state index contributed by atoms with van der Waals surface area (Å²) in [6.07, 6.45) is -0.955. The van der Waals surface area contributed by atoms with Crippen LogP contribution in [0, 0.1) is 12.8 Å². The van der Waals surface area contributed by atoms with Crippen LogP contribution in [0.25, 0.3) is 0 Å². The molecule has 0 radical (unpaired) electrons. The molecule has 0 saturated carbocycles. The molecule has 4 aromatic rings. The molecule has 2 saturated heterocycles. The molecule has 188 valence electrons. The topological polar surface area (TPSA) is 76.2 Å². The number of benzene rings is 4. The molecule has 2 aliphatic heterocycles. The Balaban J connectivity index is 1.33. The summed E-state index contributed by atoms with van der Waals surface area (Å²) >= 11 is 0. The third kappa shape index (κ3) is 4.13. The summed E-state index contributed by atoms with van der Waals surface area (Å²) in [5.41, 5.74) is 3.42. The number of amides is 2. The van der Waals surface area contributed by atoms with E-state index in [9.17, 15) is 14.4 Å². The first kappa shape index (κ1) is 23.6. The number of hydrogen-bond acceptors (Lipinski definition) is 6. The summed E-state index contributed by atoms with van der Waals surface area (Å²) in [6.45, 7) is 1.91. The number of imide groups is 1. The van der Waals surface area contributed by atoms with E-state index < -0.39 is 24.0 Å². The maximum Gasteiger partial charge on any atom is 0.343 e. The predicted octanol–water partition coefficient (Wildman–Crippen LogP) is 5.27. The highest BCUT2D eigenvalue weighted by Gasteiger charge is 2.60. The average Bonchev–Trinajstić information content (AvgIpc) is 3.45. The maximum atomic E-state index is 13.8. The van der Waals surface area contributed by atoms with E-state index in [1.54, 1.807) is 59.7 Å². The molecule has 38 heavy (non-hydrogen) atoms. The van der Waals surface area contributed by atoms with Crippen LogP contribution in [0.2, 0.25) is 0 Å². The zero-order valence-corrected chi connectivity index (χ0v) is 20.6. The Hall–Kier alpha value is -4.75. The fraction of sp³-hybridized carbons (Fsp3) is 0.129. The van der Waals surface area contributed by atoms with Gasteiger partial charge in [-0.2, -0.15) is 0 Å². The zero-order valence-electron chi connectivity index (χ0n) is 20.6. The lowest BCUT2D eigenvalue weighted by Gasteiger charge is -2.29. The molecule has 0 unspecified atom stereocenters. The van der Waals surface area contributed by atoms with Gasteiger partial charge in [-0.25, -0.2) is 14.8 Å². The molecule has 0 N–H and O–H groups in total. The second-order valence-electron chi connectivity index (χ2n) is 9.33. The SMILES string of the molecule is Cc1cccc(N2C(=O)[C@@H]3[C@H](ON(c4ccccc4)[C@H]3c3ccc(OC(=O)c4ccccc4)cc3)C2=O)c1. The molecule has 7 nitrogen and oxygen atoms in total. The predicted molar refractivity (Wildman–Crippen MR) is 142 cm³/mol. The largest absolute Gasteiger partial charge is 0.423 e. The number of hydroxylamine groups is 1. The summed E-state index contributed by atoms with van der Waals surface area (Å²) in [7, 11) is 0. The highest BCUT2D eigenvalue weighted by atomic mass is 16.7. The van der Waals surface area contributed by atoms with Crippen molar-refractivity contribution in [1.82, 2.24) is 0 Å². The summed E-state index contributed by atoms with van der Waals surface area (Å²) < 4.78 is 5.53. The van der Waals surface area contributed by atoms with Gasteiger partial charge in [0.2, 0.25) is 5.91 Å². The summed E-state index contributed by atoms with van der Waals surface area (Å²) in [4.78, 5) is 47.1. The van der Waals surface area contributed by atoms with Gasteiger partial charge in [0.25, 0.3) is 5.91 Å². The molecule has 2 amide bonds. The van der Waals surface area contributed by atoms with Gasteiger partial charge in [0.05, 0.1) is 23.0 Å². The van der Waals surface area contributed by atoms with Crippen LogP contribution in [0.15, 0.2) is 109 Å². The van der Waals surface area contributed by atoms with Crippen LogP contribution in [0.4, 0.5) is 11.4 Å². The van der Waals surface area contributed by atoms with Crippen molar-refractivity contribution in [2.24, 2.45) is 5.92 Å². The number of para-hydroxylation sites is 1. The highest BCUT2D eigenvalue weighted by Crippen LogP contribution is 2.47. The number of fused-ring (bicyclic) bond motifs is 1. The Morgan fingerprint density at radius 2 is 1.42 bits per heavy atom. The molecule has 4 aromatic carbocycles. The van der Waals surface area contributed by atoms with Gasteiger partial charge in [0, 0.05) is 0 Å². The average molecular weight is 505 g/mol. The van der Waals surface area contributed by atoms with E-state index in [0.717, 1.165) is 16.8 Å². The monoisotopic (exact) mass is 504 g/mol. The lowest BCUT2D eigenvalue weighted by Crippen LogP contribution is -2.37. The molecule has 0 aliphatic carbocycles. The van der Waals surface area contributed by atoms with Crippen LogP contribution < -0.4 is 14.7 Å². The third-order valence-electron chi connectivity index (χ3n) is 6.83. The van der Waals surface area contributed by atoms with Gasteiger partial charge in [-0.15, -0.1) is 0 Å². The third-order valence-corrected chi connectivity index (χ3v) is 6.83. The van der Waals surface area contributed by atoms with E-state index in [2.05, 4.69) is 0 Å². The Labute approximate surface area is 219 Å². The van der Waals surface area contributed by atoms with Crippen LogP contribution in [-0.4, -0.2) is 23.9 Å². The van der Waals surface area contributed by atoms with Crippen molar-refractivity contribution in [3.63, 3.8) is 0 Å². The summed E-state index contributed by atoms with van der Waals surface area (Å²) in [6, 6.07) is 31.8. The highest BCUT2D eigenvalue weighted by molar-refractivity contribution is 6.24. The van der Waals surface area contributed by atoms with E-state index in [-0.39, 0.29) is 11.8 Å². The number of hydrogen-bond donors (Lipinski definition) is 0. The molecule has 7 heteroatoms. The van der Waals surface area contributed by atoms with Crippen molar-refractivity contribution in [2.75, 3.05) is 9.96 Å². The number of rotatable bonds is 5. The Morgan fingerprint density at radius 1 is 0.763 bits per heavy atom. The van der Waals surface area contributed by atoms with Crippen molar-refractivity contribution in [3.8, 4) is 5.75 Å². The molecule has 2 aliphatic rings. The first-order valence-corrected chi connectivity index (χ1v) is 12.3. The summed E-state index contributed by atoms with van der Waals surface area (Å²) in [5, 5.41) is 1.64. The van der Waals surface area contributed by atoms with E-state index in [1.807, 2.05) is 61.5 Å². The van der Waals surface area contributed by atoms with Gasteiger partial charge in [0.15, 0.2) is 6.10 Å². The lowest BCUT2D eigenvalue weighted by molar-refractivity contribution is -0.126. The molecule has 0 spiro atoms. The fourth-order valence-electron chi connectivity index (χ4n) is 5.05. The molecular formula is C31H24N2O5. The van der Waals surface area contributed by atoms with E-state index >= 15 is 0 Å². The molecule has 2 heterocycles. The quantitative estimate of drug-likeness (QED) is 0.210. The van der Waals surface area contributed by atoms with Crippen molar-refractivity contribution < 1.29 is 24.0 Å². The number of nitrogens with zero attached hydrogens (tertiary/aromatic N) is 2. The second kappa shape index (κ2) is 9.61. The van der Waals surface area contributed by atoms with Gasteiger partial charge < -0.3 is 4.74 Å². The standard InChI is InChI=1S/C31H24N2O5/c1-20-9-8-14-24(19-20)32-29(34)26-27(33(38-28(26)30(32)35)23-12-6-3-7-13-23)21-15-17-25(18-16-21)37-31(36)22-10-4-2-5-11-22/h2-19,26-28H,1H3/t26-,27-,28-/m0/s1. The Bertz CT molecular complexity index is 1500. The molecule has 2 fully saturated rings. The first-order valence-electron chi connectivity index (χ1n) is 12.3. The van der Waals surface area contributed by atoms with Crippen molar-refractivity contribution >= 4 is 29.2 Å². The smallest absolute Gasteiger partial charge is 0.343 e. The number of carbonyl (C=O) groups is 3. The first-order chi connectivity index (χ1) is 18.5. The normalized spacial score (nSPS) is 20.5. The van der Waals surface area contributed by atoms with E-state index in [1.165, 1.54) is 4.90 Å². The second-order valence-corrected chi connectivity index (χ2v) is 9.33. The fourth-order valence-corrected chi connectivity index (χ4v) is 5.05. The number of esters is 1. The minimum Gasteiger partial charge on any atom is -0.423 e. The van der Waals surface area contributed by atoms with E-state index in [4.69, 9.17) is 9.57 Å². The Kier molecular flexibility index (Phi) is 5.98. The van der Waals surface area contributed by atoms with Crippen molar-refractivity contribution in [1.29, 1.82) is 0 Å². The van der Waals surface area contributed by atoms with Crippen LogP contribution in [0.5, 0.6) is 5.75 Å². The number of anilines is 2. The Morgan fingerprint density at radius 3 is 2.11 bits per heavy atom. The van der Waals surface area contributed by atoms with Crippen LogP contribution >= 0.6 is 0 Å². The molecule has 6 rings (SSSR count). The molecule has 3 atom stereocenters. The number of aryl methyl sites for hydroxylation is 1. The lowest BCUT2D eigenvalue weighted by atomic mass is 9.90. The molecule has 0 aromatic heterocycles. The van der Waals surface area contributed by atoms with Gasteiger partial charge >= 0.3 is 5.97 Å². The van der Waals surface area contributed by atoms with Crippen molar-refractivity contribution in [2.45, 2.75) is 19.1 Å². The van der Waals surface area contributed by atoms with Crippen LogP contribution in [0.1, 0.15) is 27.5 Å². The van der Waals surface area contributed by atoms with Crippen LogP contribution in [-0.2, 0) is 14.4 Å². The van der Waals surface area contributed by atoms with Gasteiger partial charge in [-0.3, -0.25) is 14.4 Å². The van der Waals surface area contributed by atoms with Gasteiger partial charge in [-0.05, 0) is 66.6 Å². The van der Waals surface area contributed by atoms with E-state index in [0.29, 0.717) is 17.0 Å². The van der Waals surface area contributed by atoms with Gasteiger partial charge in [-0.1, -0.05) is 60.7 Å². The number of ether oxygens (including phenoxy) is 1. The maximum absolute atomic E-state index is 13.8. The minimum absolute atomic E-state index is 0.311. The van der Waals surface area contributed by atoms with Gasteiger partial charge in [0.1, 0.15) is 11.7 Å². The van der Waals surface area contributed by atoms with Crippen LogP contribution in [0.3, 0.4) is 0 Å². The zero-order chi connectivity index (χ0) is 26.2. The summed E-state index contributed by atoms with van der Waals surface area (Å²) in [5.74, 6) is -1.53. The van der Waals surface area contributed by atoms with Crippen molar-refractivity contribution in [3.05, 3.63) is 126 Å². The molecular weight excluding hydrogens is 480 g/mol. The molecule has 0 bridgehead atoms. The number of carbonyl (C=O) groups excluding carboxylic acids is 3. The minimum atomic E-state index is -0.955.